The van der Waals surface area contributed by atoms with Crippen LogP contribution in [0.4, 0.5) is 11.4 Å². The Hall–Kier alpha value is -1.93. The first-order valence-electron chi connectivity index (χ1n) is 6.06. The van der Waals surface area contributed by atoms with Crippen LogP contribution in [0, 0.1) is 24.0 Å². The molecule has 2 rings (SSSR count). The summed E-state index contributed by atoms with van der Waals surface area (Å²) in [4.78, 5) is 26.7. The summed E-state index contributed by atoms with van der Waals surface area (Å²) >= 11 is 2.79. The van der Waals surface area contributed by atoms with E-state index in [1.807, 2.05) is 12.3 Å². The molecule has 0 saturated heterocycles. The molecule has 0 unspecified atom stereocenters. The van der Waals surface area contributed by atoms with Crippen molar-refractivity contribution in [3.8, 4) is 0 Å². The predicted molar refractivity (Wildman–Crippen MR) is 84.0 cm³/mol. The molecule has 110 valence electrons. The van der Waals surface area contributed by atoms with E-state index in [0.29, 0.717) is 5.56 Å². The summed E-state index contributed by atoms with van der Waals surface area (Å²) in [5, 5.41) is 15.5. The lowest BCUT2D eigenvalue weighted by Gasteiger charge is -2.08. The number of para-hydroxylation sites is 1. The summed E-state index contributed by atoms with van der Waals surface area (Å²) in [7, 11) is 0. The molecule has 0 spiro atoms. The van der Waals surface area contributed by atoms with Crippen molar-refractivity contribution in [2.24, 2.45) is 0 Å². The van der Waals surface area contributed by atoms with Gasteiger partial charge in [-0.15, -0.1) is 11.3 Å². The fourth-order valence-corrected chi connectivity index (χ4v) is 3.32. The Bertz CT molecular complexity index is 685. The van der Waals surface area contributed by atoms with Crippen LogP contribution in [0.5, 0.6) is 0 Å². The molecule has 0 aliphatic heterocycles. The fraction of sp³-hybridized carbons (Fsp3) is 0.231. The van der Waals surface area contributed by atoms with Gasteiger partial charge < -0.3 is 5.32 Å². The molecule has 0 aliphatic carbocycles. The maximum Gasteiger partial charge on any atom is 0.293 e. The monoisotopic (exact) mass is 323 g/mol. The number of nitro benzene ring substituents is 1. The molecule has 0 radical (unpaired) electrons. The maximum absolute atomic E-state index is 11.9. The van der Waals surface area contributed by atoms with E-state index in [4.69, 9.17) is 0 Å². The molecule has 0 fully saturated rings. The Balaban J connectivity index is 2.04. The second-order valence-electron chi connectivity index (χ2n) is 4.32. The largest absolute Gasteiger partial charge is 0.319 e. The third kappa shape index (κ3) is 4.02. The second-order valence-corrected chi connectivity index (χ2v) is 6.40. The number of nitro groups is 1. The Kier molecular flexibility index (Phi) is 4.92. The van der Waals surface area contributed by atoms with Crippen molar-refractivity contribution in [1.29, 1.82) is 0 Å². The highest BCUT2D eigenvalue weighted by Gasteiger charge is 2.17. The van der Waals surface area contributed by atoms with E-state index in [9.17, 15) is 14.9 Å². The molecule has 1 aromatic heterocycles. The number of hydrogen-bond donors (Lipinski definition) is 1. The summed E-state index contributed by atoms with van der Waals surface area (Å²) in [6, 6.07) is 4.69. The molecule has 0 atom stereocenters. The highest BCUT2D eigenvalue weighted by Crippen LogP contribution is 2.28. The number of thiazole rings is 1. The second kappa shape index (κ2) is 6.68. The van der Waals surface area contributed by atoms with Crippen molar-refractivity contribution in [3.05, 3.63) is 45.0 Å². The fourth-order valence-electron chi connectivity index (χ4n) is 1.67. The van der Waals surface area contributed by atoms with Gasteiger partial charge in [0.1, 0.15) is 5.69 Å². The highest BCUT2D eigenvalue weighted by molar-refractivity contribution is 8.01. The summed E-state index contributed by atoms with van der Waals surface area (Å²) in [6.07, 6.45) is 0. The van der Waals surface area contributed by atoms with E-state index in [-0.39, 0.29) is 23.0 Å². The third-order valence-corrected chi connectivity index (χ3v) is 4.78. The number of rotatable bonds is 5. The predicted octanol–water partition coefficient (Wildman–Crippen LogP) is 3.40. The zero-order chi connectivity index (χ0) is 15.4. The van der Waals surface area contributed by atoms with Gasteiger partial charge in [0.25, 0.3) is 5.69 Å². The SMILES string of the molecule is Cc1csc(SCC(=O)Nc2c(C)cccc2[N+](=O)[O-])n1. The zero-order valence-electron chi connectivity index (χ0n) is 11.5. The Morgan fingerprint density at radius 3 is 2.86 bits per heavy atom. The molecule has 6 nitrogen and oxygen atoms in total. The van der Waals surface area contributed by atoms with Crippen LogP contribution in [0.25, 0.3) is 0 Å². The van der Waals surface area contributed by atoms with Crippen LogP contribution < -0.4 is 5.32 Å². The maximum atomic E-state index is 11.9. The van der Waals surface area contributed by atoms with Crippen molar-refractivity contribution in [2.75, 3.05) is 11.1 Å². The number of aryl methyl sites for hydroxylation is 2. The Labute approximate surface area is 129 Å². The first kappa shape index (κ1) is 15.5. The van der Waals surface area contributed by atoms with Crippen molar-refractivity contribution >= 4 is 40.4 Å². The van der Waals surface area contributed by atoms with E-state index in [1.54, 1.807) is 19.1 Å². The lowest BCUT2D eigenvalue weighted by atomic mass is 10.1. The third-order valence-electron chi connectivity index (χ3n) is 2.64. The number of aromatic nitrogens is 1. The number of amides is 1. The molecule has 1 heterocycles. The molecule has 1 N–H and O–H groups in total. The molecule has 2 aromatic rings. The van der Waals surface area contributed by atoms with E-state index >= 15 is 0 Å². The van der Waals surface area contributed by atoms with E-state index in [1.165, 1.54) is 29.2 Å². The number of carbonyl (C=O) groups excluding carboxylic acids is 1. The van der Waals surface area contributed by atoms with Crippen LogP contribution in [0.2, 0.25) is 0 Å². The lowest BCUT2D eigenvalue weighted by Crippen LogP contribution is -2.16. The van der Waals surface area contributed by atoms with Gasteiger partial charge in [0.05, 0.1) is 10.7 Å². The zero-order valence-corrected chi connectivity index (χ0v) is 13.1. The minimum Gasteiger partial charge on any atom is -0.319 e. The van der Waals surface area contributed by atoms with E-state index < -0.39 is 4.92 Å². The summed E-state index contributed by atoms with van der Waals surface area (Å²) in [5.74, 6) is -0.122. The van der Waals surface area contributed by atoms with Gasteiger partial charge in [0.15, 0.2) is 4.34 Å². The summed E-state index contributed by atoms with van der Waals surface area (Å²) in [6.45, 7) is 3.61. The van der Waals surface area contributed by atoms with Crippen LogP contribution in [0.15, 0.2) is 27.9 Å². The molecule has 8 heteroatoms. The van der Waals surface area contributed by atoms with Crippen molar-refractivity contribution in [2.45, 2.75) is 18.2 Å². The Morgan fingerprint density at radius 2 is 2.24 bits per heavy atom. The number of benzene rings is 1. The lowest BCUT2D eigenvalue weighted by molar-refractivity contribution is -0.384. The molecular weight excluding hydrogens is 310 g/mol. The molecular formula is C13H13N3O3S2. The first-order valence-corrected chi connectivity index (χ1v) is 7.92. The van der Waals surface area contributed by atoms with Crippen LogP contribution in [-0.4, -0.2) is 21.6 Å². The molecule has 1 aromatic carbocycles. The quantitative estimate of drug-likeness (QED) is 0.518. The first-order chi connectivity index (χ1) is 9.97. The average Bonchev–Trinajstić information content (AvgIpc) is 2.84. The van der Waals surface area contributed by atoms with Gasteiger partial charge in [0.2, 0.25) is 5.91 Å². The number of hydrogen-bond acceptors (Lipinski definition) is 6. The minimum absolute atomic E-state index is 0.0987. The van der Waals surface area contributed by atoms with Crippen molar-refractivity contribution < 1.29 is 9.72 Å². The smallest absolute Gasteiger partial charge is 0.293 e. The van der Waals surface area contributed by atoms with Gasteiger partial charge in [-0.3, -0.25) is 14.9 Å². The highest BCUT2D eigenvalue weighted by atomic mass is 32.2. The molecule has 0 aliphatic rings. The number of anilines is 1. The molecule has 21 heavy (non-hydrogen) atoms. The Morgan fingerprint density at radius 1 is 1.48 bits per heavy atom. The van der Waals surface area contributed by atoms with Gasteiger partial charge in [-0.1, -0.05) is 23.9 Å². The number of nitrogens with one attached hydrogen (secondary N) is 1. The van der Waals surface area contributed by atoms with Gasteiger partial charge in [0, 0.05) is 17.1 Å². The number of thioether (sulfide) groups is 1. The average molecular weight is 323 g/mol. The molecule has 1 amide bonds. The van der Waals surface area contributed by atoms with Gasteiger partial charge in [-0.05, 0) is 19.4 Å². The topological polar surface area (TPSA) is 85.1 Å². The molecule has 0 bridgehead atoms. The minimum atomic E-state index is -0.500. The number of carbonyl (C=O) groups is 1. The van der Waals surface area contributed by atoms with E-state index in [2.05, 4.69) is 10.3 Å². The van der Waals surface area contributed by atoms with Crippen LogP contribution in [-0.2, 0) is 4.79 Å². The summed E-state index contributed by atoms with van der Waals surface area (Å²) < 4.78 is 0.807. The van der Waals surface area contributed by atoms with Gasteiger partial charge in [-0.2, -0.15) is 0 Å². The van der Waals surface area contributed by atoms with Gasteiger partial charge >= 0.3 is 0 Å². The van der Waals surface area contributed by atoms with Crippen LogP contribution in [0.3, 0.4) is 0 Å². The van der Waals surface area contributed by atoms with E-state index in [0.717, 1.165) is 10.0 Å². The normalized spacial score (nSPS) is 10.4. The van der Waals surface area contributed by atoms with Crippen molar-refractivity contribution in [1.82, 2.24) is 4.98 Å². The van der Waals surface area contributed by atoms with Gasteiger partial charge in [-0.25, -0.2) is 4.98 Å². The standard InChI is InChI=1S/C13H13N3O3S2/c1-8-4-3-5-10(16(18)19)12(8)15-11(17)7-21-13-14-9(2)6-20-13/h3-6H,7H2,1-2H3,(H,15,17). The van der Waals surface area contributed by atoms with Crippen LogP contribution in [0.1, 0.15) is 11.3 Å². The number of nitrogens with zero attached hydrogens (tertiary/aromatic N) is 2. The molecule has 0 saturated carbocycles. The van der Waals surface area contributed by atoms with Crippen LogP contribution >= 0.6 is 23.1 Å². The van der Waals surface area contributed by atoms with Crippen molar-refractivity contribution in [3.63, 3.8) is 0 Å². The summed E-state index contributed by atoms with van der Waals surface area (Å²) in [5.41, 5.74) is 1.73.